The molecule has 36 heavy (non-hydrogen) atoms. The van der Waals surface area contributed by atoms with Crippen LogP contribution in [0.1, 0.15) is 47.6 Å². The molecule has 1 aliphatic rings. The lowest BCUT2D eigenvalue weighted by Crippen LogP contribution is -2.29. The van der Waals surface area contributed by atoms with E-state index in [0.717, 1.165) is 25.0 Å². The summed E-state index contributed by atoms with van der Waals surface area (Å²) < 4.78 is 63.1. The van der Waals surface area contributed by atoms with Crippen LogP contribution in [0.25, 0.3) is 5.82 Å². The third-order valence-electron chi connectivity index (χ3n) is 5.26. The van der Waals surface area contributed by atoms with Gasteiger partial charge in [0.2, 0.25) is 0 Å². The molecule has 0 radical (unpaired) electrons. The molecule has 1 aliphatic carbocycles. The Morgan fingerprint density at radius 1 is 1.25 bits per heavy atom. The minimum atomic E-state index is -4.63. The van der Waals surface area contributed by atoms with Gasteiger partial charge in [-0.05, 0) is 56.0 Å². The second-order valence-corrected chi connectivity index (χ2v) is 11.4. The summed E-state index contributed by atoms with van der Waals surface area (Å²) in [5, 5.41) is 6.80. The van der Waals surface area contributed by atoms with Gasteiger partial charge in [-0.15, -0.1) is 0 Å². The molecular weight excluding hydrogens is 497 g/mol. The zero-order valence-corrected chi connectivity index (χ0v) is 20.6. The molecule has 1 N–H and O–H groups in total. The standard InChI is InChI=1S/C23H25F3N6O3S/c1-14(21-28-13-29-32(21)20-7-6-18(11-27-20)31-36(2,3)34)30-22(33)16-8-17(23(24,25)26)10-19(9-16)35-12-15-4-5-15/h6-11,13-15H,4-5,12H2,1-3H3,(H,30,33)/t14-/m0/s1. The number of carbonyl (C=O) groups is 1. The average molecular weight is 523 g/mol. The quantitative estimate of drug-likeness (QED) is 0.472. The molecule has 0 aliphatic heterocycles. The number of hydrogen-bond donors (Lipinski definition) is 1. The summed E-state index contributed by atoms with van der Waals surface area (Å²) >= 11 is 0. The molecule has 2 aromatic heterocycles. The van der Waals surface area contributed by atoms with Crippen LogP contribution in [0, 0.1) is 5.92 Å². The van der Waals surface area contributed by atoms with Gasteiger partial charge in [0.1, 0.15) is 12.1 Å². The number of pyridine rings is 1. The average Bonchev–Trinajstić information content (AvgIpc) is 3.50. The number of rotatable bonds is 8. The molecule has 0 unspecified atom stereocenters. The third-order valence-corrected chi connectivity index (χ3v) is 5.91. The first-order valence-corrected chi connectivity index (χ1v) is 13.4. The molecule has 1 atom stereocenters. The molecule has 3 aromatic rings. The van der Waals surface area contributed by atoms with Crippen LogP contribution in [-0.4, -0.2) is 49.0 Å². The SMILES string of the molecule is C[C@H](NC(=O)c1cc(OCC2CC2)cc(C(F)(F)F)c1)c1ncnn1-c1ccc(N=S(C)(C)=O)cn1. The summed E-state index contributed by atoms with van der Waals surface area (Å²) in [5.74, 6) is 0.300. The van der Waals surface area contributed by atoms with Gasteiger partial charge < -0.3 is 10.1 Å². The van der Waals surface area contributed by atoms with E-state index >= 15 is 0 Å². The number of halogens is 3. The van der Waals surface area contributed by atoms with E-state index in [1.54, 1.807) is 19.1 Å². The number of benzene rings is 1. The van der Waals surface area contributed by atoms with Crippen molar-refractivity contribution in [1.82, 2.24) is 25.1 Å². The predicted molar refractivity (Wildman–Crippen MR) is 127 cm³/mol. The van der Waals surface area contributed by atoms with Crippen LogP contribution >= 0.6 is 0 Å². The predicted octanol–water partition coefficient (Wildman–Crippen LogP) is 4.32. The highest BCUT2D eigenvalue weighted by Crippen LogP contribution is 2.34. The zero-order chi connectivity index (χ0) is 26.1. The number of hydrogen-bond acceptors (Lipinski definition) is 7. The monoisotopic (exact) mass is 522 g/mol. The molecule has 1 saturated carbocycles. The maximum absolute atomic E-state index is 13.4. The van der Waals surface area contributed by atoms with Gasteiger partial charge in [0.05, 0.1) is 30.1 Å². The molecule has 0 saturated heterocycles. The van der Waals surface area contributed by atoms with Crippen LogP contribution in [0.15, 0.2) is 47.2 Å². The van der Waals surface area contributed by atoms with E-state index in [9.17, 15) is 22.2 Å². The first kappa shape index (κ1) is 25.6. The molecule has 4 rings (SSSR count). The lowest BCUT2D eigenvalue weighted by Gasteiger charge is -2.16. The number of carbonyl (C=O) groups excluding carboxylic acids is 1. The fraction of sp³-hybridized carbons (Fsp3) is 0.391. The van der Waals surface area contributed by atoms with Crippen LogP contribution in [-0.2, 0) is 15.9 Å². The highest BCUT2D eigenvalue weighted by molar-refractivity contribution is 7.92. The largest absolute Gasteiger partial charge is 0.493 e. The van der Waals surface area contributed by atoms with Gasteiger partial charge >= 0.3 is 6.18 Å². The fourth-order valence-corrected chi connectivity index (χ4v) is 3.97. The fourth-order valence-electron chi connectivity index (χ4n) is 3.35. The van der Waals surface area contributed by atoms with Crippen molar-refractivity contribution < 1.29 is 26.9 Å². The van der Waals surface area contributed by atoms with Crippen molar-refractivity contribution in [2.24, 2.45) is 10.3 Å². The smallest absolute Gasteiger partial charge is 0.416 e. The number of alkyl halides is 3. The van der Waals surface area contributed by atoms with Crippen molar-refractivity contribution in [2.45, 2.75) is 32.0 Å². The minimum absolute atomic E-state index is 0.00417. The van der Waals surface area contributed by atoms with E-state index in [0.29, 0.717) is 29.9 Å². The van der Waals surface area contributed by atoms with Crippen LogP contribution in [0.4, 0.5) is 18.9 Å². The lowest BCUT2D eigenvalue weighted by atomic mass is 10.1. The number of aromatic nitrogens is 4. The maximum atomic E-state index is 13.4. The van der Waals surface area contributed by atoms with Crippen LogP contribution in [0.3, 0.4) is 0 Å². The highest BCUT2D eigenvalue weighted by Gasteiger charge is 2.33. The van der Waals surface area contributed by atoms with Gasteiger partial charge in [-0.25, -0.2) is 14.2 Å². The highest BCUT2D eigenvalue weighted by atomic mass is 32.2. The van der Waals surface area contributed by atoms with Gasteiger partial charge in [0, 0.05) is 27.8 Å². The van der Waals surface area contributed by atoms with Crippen molar-refractivity contribution in [3.05, 3.63) is 59.8 Å². The molecule has 13 heteroatoms. The van der Waals surface area contributed by atoms with Crippen molar-refractivity contribution in [3.8, 4) is 11.6 Å². The van der Waals surface area contributed by atoms with E-state index in [1.807, 2.05) is 0 Å². The molecule has 0 bridgehead atoms. The number of nitrogens with one attached hydrogen (secondary N) is 1. The Hall–Kier alpha value is -3.48. The van der Waals surface area contributed by atoms with Crippen molar-refractivity contribution in [2.75, 3.05) is 19.1 Å². The van der Waals surface area contributed by atoms with E-state index in [2.05, 4.69) is 24.7 Å². The van der Waals surface area contributed by atoms with Gasteiger partial charge in [0.25, 0.3) is 5.91 Å². The Morgan fingerprint density at radius 3 is 2.61 bits per heavy atom. The van der Waals surface area contributed by atoms with Gasteiger partial charge in [-0.1, -0.05) is 0 Å². The summed E-state index contributed by atoms with van der Waals surface area (Å²) in [6.07, 6.45) is 3.05. The van der Waals surface area contributed by atoms with Crippen LogP contribution in [0.2, 0.25) is 0 Å². The first-order chi connectivity index (χ1) is 16.9. The number of amides is 1. The molecular formula is C23H25F3N6O3S. The second-order valence-electron chi connectivity index (χ2n) is 8.87. The van der Waals surface area contributed by atoms with Crippen LogP contribution < -0.4 is 10.1 Å². The zero-order valence-electron chi connectivity index (χ0n) is 19.8. The molecule has 0 spiro atoms. The molecule has 1 aromatic carbocycles. The van der Waals surface area contributed by atoms with Crippen molar-refractivity contribution >= 4 is 21.3 Å². The van der Waals surface area contributed by atoms with E-state index < -0.39 is 33.4 Å². The lowest BCUT2D eigenvalue weighted by molar-refractivity contribution is -0.137. The molecule has 9 nitrogen and oxygen atoms in total. The Labute approximate surface area is 206 Å². The summed E-state index contributed by atoms with van der Waals surface area (Å²) in [6.45, 7) is 1.94. The topological polar surface area (TPSA) is 111 Å². The van der Waals surface area contributed by atoms with E-state index in [1.165, 1.54) is 35.8 Å². The number of nitrogens with zero attached hydrogens (tertiary/aromatic N) is 5. The van der Waals surface area contributed by atoms with Gasteiger partial charge in [-0.2, -0.15) is 27.3 Å². The summed E-state index contributed by atoms with van der Waals surface area (Å²) in [6, 6.07) is 5.49. The maximum Gasteiger partial charge on any atom is 0.416 e. The van der Waals surface area contributed by atoms with Gasteiger partial charge in [-0.3, -0.25) is 4.79 Å². The summed E-state index contributed by atoms with van der Waals surface area (Å²) in [4.78, 5) is 21.3. The Morgan fingerprint density at radius 2 is 2.00 bits per heavy atom. The van der Waals surface area contributed by atoms with Crippen molar-refractivity contribution in [3.63, 3.8) is 0 Å². The Bertz CT molecular complexity index is 1370. The first-order valence-electron chi connectivity index (χ1n) is 11.1. The minimum Gasteiger partial charge on any atom is -0.493 e. The molecule has 2 heterocycles. The van der Waals surface area contributed by atoms with Crippen molar-refractivity contribution in [1.29, 1.82) is 0 Å². The Kier molecular flexibility index (Phi) is 7.03. The number of ether oxygens (including phenoxy) is 1. The third kappa shape index (κ3) is 6.59. The molecule has 1 fully saturated rings. The van der Waals surface area contributed by atoms with Gasteiger partial charge in [0.15, 0.2) is 11.6 Å². The van der Waals surface area contributed by atoms with E-state index in [-0.39, 0.29) is 11.3 Å². The summed E-state index contributed by atoms with van der Waals surface area (Å²) in [7, 11) is -2.35. The Balaban J connectivity index is 1.54. The normalized spacial score (nSPS) is 14.8. The van der Waals surface area contributed by atoms with E-state index in [4.69, 9.17) is 4.74 Å². The molecule has 1 amide bonds. The summed E-state index contributed by atoms with van der Waals surface area (Å²) in [5.41, 5.74) is -0.712. The molecule has 192 valence electrons. The second kappa shape index (κ2) is 9.88. The van der Waals surface area contributed by atoms with Crippen LogP contribution in [0.5, 0.6) is 5.75 Å².